The van der Waals surface area contributed by atoms with E-state index in [1.165, 1.54) is 10.5 Å². The molecule has 2 aliphatic heterocycles. The molecule has 0 bridgehead atoms. The van der Waals surface area contributed by atoms with Gasteiger partial charge in [-0.1, -0.05) is 43.2 Å². The van der Waals surface area contributed by atoms with Crippen molar-refractivity contribution in [2.45, 2.75) is 38.0 Å². The zero-order valence-corrected chi connectivity index (χ0v) is 17.5. The number of benzene rings is 1. The van der Waals surface area contributed by atoms with E-state index < -0.39 is 0 Å². The third-order valence-electron chi connectivity index (χ3n) is 6.81. The van der Waals surface area contributed by atoms with Gasteiger partial charge in [0.25, 0.3) is 0 Å². The van der Waals surface area contributed by atoms with Crippen LogP contribution >= 0.6 is 12.4 Å². The Morgan fingerprint density at radius 1 is 0.966 bits per heavy atom. The molecule has 29 heavy (non-hydrogen) atoms. The highest BCUT2D eigenvalue weighted by molar-refractivity contribution is 6.05. The van der Waals surface area contributed by atoms with E-state index >= 15 is 0 Å². The number of halogens is 1. The SMILES string of the molecule is Cl.NC[C@@H]1CN(C(=O)CCN2C(=O)C3CCCCC3C2=O)C[C@H]1c1ccccc1. The lowest BCUT2D eigenvalue weighted by molar-refractivity contribution is -0.140. The first-order valence-electron chi connectivity index (χ1n) is 10.5. The Hall–Kier alpha value is -1.92. The van der Waals surface area contributed by atoms with Gasteiger partial charge in [0.05, 0.1) is 11.8 Å². The van der Waals surface area contributed by atoms with Crippen LogP contribution in [0.15, 0.2) is 30.3 Å². The monoisotopic (exact) mass is 419 g/mol. The molecule has 3 aliphatic rings. The van der Waals surface area contributed by atoms with Gasteiger partial charge in [-0.05, 0) is 30.9 Å². The number of carbonyl (C=O) groups excluding carboxylic acids is 3. The van der Waals surface area contributed by atoms with Crippen LogP contribution in [0.3, 0.4) is 0 Å². The minimum atomic E-state index is -0.146. The molecule has 2 heterocycles. The Balaban J connectivity index is 0.00000240. The summed E-state index contributed by atoms with van der Waals surface area (Å²) < 4.78 is 0. The highest BCUT2D eigenvalue weighted by Crippen LogP contribution is 2.38. The fraction of sp³-hybridized carbons (Fsp3) is 0.591. The molecule has 3 amide bonds. The minimum Gasteiger partial charge on any atom is -0.342 e. The highest BCUT2D eigenvalue weighted by atomic mass is 35.5. The quantitative estimate of drug-likeness (QED) is 0.741. The zero-order valence-electron chi connectivity index (χ0n) is 16.7. The molecule has 0 spiro atoms. The fourth-order valence-electron chi connectivity index (χ4n) is 5.21. The van der Waals surface area contributed by atoms with E-state index in [2.05, 4.69) is 12.1 Å². The Kier molecular flexibility index (Phi) is 6.96. The summed E-state index contributed by atoms with van der Waals surface area (Å²) in [5.41, 5.74) is 7.18. The topological polar surface area (TPSA) is 83.7 Å². The second-order valence-electron chi connectivity index (χ2n) is 8.39. The molecule has 4 atom stereocenters. The van der Waals surface area contributed by atoms with Crippen LogP contribution in [0.25, 0.3) is 0 Å². The Bertz CT molecular complexity index is 733. The fourth-order valence-corrected chi connectivity index (χ4v) is 5.21. The molecule has 1 saturated carbocycles. The smallest absolute Gasteiger partial charge is 0.233 e. The van der Waals surface area contributed by atoms with Crippen LogP contribution in [-0.4, -0.2) is 53.7 Å². The van der Waals surface area contributed by atoms with Crippen molar-refractivity contribution < 1.29 is 14.4 Å². The summed E-state index contributed by atoms with van der Waals surface area (Å²) in [5.74, 6) is 0.0703. The van der Waals surface area contributed by atoms with E-state index in [1.54, 1.807) is 0 Å². The lowest BCUT2D eigenvalue weighted by Gasteiger charge is -2.19. The van der Waals surface area contributed by atoms with E-state index in [1.807, 2.05) is 23.1 Å². The standard InChI is InChI=1S/C22H29N3O3.ClH/c23-12-16-13-24(14-19(16)15-6-2-1-3-7-15)20(26)10-11-25-21(27)17-8-4-5-9-18(17)22(25)28;/h1-3,6-7,16-19H,4-5,8-14,23H2;1H/t16-,17?,18?,19+;/m1./s1. The van der Waals surface area contributed by atoms with Crippen LogP contribution < -0.4 is 5.73 Å². The van der Waals surface area contributed by atoms with E-state index in [0.29, 0.717) is 19.6 Å². The molecule has 1 aliphatic carbocycles. The first kappa shape index (κ1) is 21.8. The number of rotatable bonds is 5. The van der Waals surface area contributed by atoms with Gasteiger partial charge in [0, 0.05) is 32.0 Å². The van der Waals surface area contributed by atoms with Gasteiger partial charge in [0.2, 0.25) is 17.7 Å². The summed E-state index contributed by atoms with van der Waals surface area (Å²) in [5, 5.41) is 0. The minimum absolute atomic E-state index is 0. The molecule has 1 aromatic rings. The Morgan fingerprint density at radius 2 is 1.59 bits per heavy atom. The molecule has 0 radical (unpaired) electrons. The number of likely N-dealkylation sites (tertiary alicyclic amines) is 2. The molecule has 3 fully saturated rings. The zero-order chi connectivity index (χ0) is 19.7. The first-order valence-corrected chi connectivity index (χ1v) is 10.5. The third kappa shape index (κ3) is 4.19. The van der Waals surface area contributed by atoms with Crippen molar-refractivity contribution in [3.05, 3.63) is 35.9 Å². The summed E-state index contributed by atoms with van der Waals surface area (Å²) >= 11 is 0. The summed E-state index contributed by atoms with van der Waals surface area (Å²) in [7, 11) is 0. The number of imide groups is 1. The van der Waals surface area contributed by atoms with Gasteiger partial charge >= 0.3 is 0 Å². The first-order chi connectivity index (χ1) is 13.6. The van der Waals surface area contributed by atoms with E-state index in [4.69, 9.17) is 5.73 Å². The maximum absolute atomic E-state index is 12.8. The van der Waals surface area contributed by atoms with Crippen LogP contribution in [0.5, 0.6) is 0 Å². The van der Waals surface area contributed by atoms with Gasteiger partial charge in [0.15, 0.2) is 0 Å². The highest BCUT2D eigenvalue weighted by Gasteiger charge is 2.48. The summed E-state index contributed by atoms with van der Waals surface area (Å²) in [6.45, 7) is 2.04. The third-order valence-corrected chi connectivity index (χ3v) is 6.81. The van der Waals surface area contributed by atoms with Gasteiger partial charge in [0.1, 0.15) is 0 Å². The van der Waals surface area contributed by atoms with Crippen molar-refractivity contribution in [2.24, 2.45) is 23.5 Å². The summed E-state index contributed by atoms with van der Waals surface area (Å²) in [6, 6.07) is 10.2. The lowest BCUT2D eigenvalue weighted by atomic mass is 9.81. The number of nitrogens with two attached hydrogens (primary N) is 1. The average molecular weight is 420 g/mol. The normalized spacial score (nSPS) is 29.0. The van der Waals surface area contributed by atoms with Gasteiger partial charge in [-0.3, -0.25) is 19.3 Å². The molecule has 2 N–H and O–H groups in total. The second kappa shape index (κ2) is 9.26. The molecule has 2 unspecified atom stereocenters. The van der Waals surface area contributed by atoms with Crippen molar-refractivity contribution in [3.8, 4) is 0 Å². The molecule has 7 heteroatoms. The van der Waals surface area contributed by atoms with Crippen molar-refractivity contribution in [1.82, 2.24) is 9.80 Å². The number of hydrogen-bond acceptors (Lipinski definition) is 4. The van der Waals surface area contributed by atoms with Crippen molar-refractivity contribution in [2.75, 3.05) is 26.2 Å². The van der Waals surface area contributed by atoms with E-state index in [9.17, 15) is 14.4 Å². The summed E-state index contributed by atoms with van der Waals surface area (Å²) in [6.07, 6.45) is 3.85. The van der Waals surface area contributed by atoms with Crippen molar-refractivity contribution >= 4 is 30.1 Å². The van der Waals surface area contributed by atoms with E-state index in [0.717, 1.165) is 25.7 Å². The number of amides is 3. The van der Waals surface area contributed by atoms with Crippen LogP contribution in [0.4, 0.5) is 0 Å². The molecular formula is C22H30ClN3O3. The number of fused-ring (bicyclic) bond motifs is 1. The molecule has 158 valence electrons. The van der Waals surface area contributed by atoms with Crippen molar-refractivity contribution in [3.63, 3.8) is 0 Å². The predicted molar refractivity (Wildman–Crippen MR) is 112 cm³/mol. The van der Waals surface area contributed by atoms with E-state index in [-0.39, 0.29) is 66.8 Å². The number of carbonyl (C=O) groups is 3. The van der Waals surface area contributed by atoms with Crippen LogP contribution in [0.2, 0.25) is 0 Å². The predicted octanol–water partition coefficient (Wildman–Crippen LogP) is 2.17. The molecule has 4 rings (SSSR count). The van der Waals surface area contributed by atoms with Gasteiger partial charge in [-0.25, -0.2) is 0 Å². The lowest BCUT2D eigenvalue weighted by Crippen LogP contribution is -2.37. The molecule has 0 aromatic heterocycles. The van der Waals surface area contributed by atoms with Crippen LogP contribution in [-0.2, 0) is 14.4 Å². The average Bonchev–Trinajstić information content (AvgIpc) is 3.27. The van der Waals surface area contributed by atoms with Crippen molar-refractivity contribution in [1.29, 1.82) is 0 Å². The van der Waals surface area contributed by atoms with Gasteiger partial charge < -0.3 is 10.6 Å². The maximum Gasteiger partial charge on any atom is 0.233 e. The van der Waals surface area contributed by atoms with Gasteiger partial charge in [-0.15, -0.1) is 12.4 Å². The largest absolute Gasteiger partial charge is 0.342 e. The molecule has 6 nitrogen and oxygen atoms in total. The van der Waals surface area contributed by atoms with Gasteiger partial charge in [-0.2, -0.15) is 0 Å². The Morgan fingerprint density at radius 3 is 2.17 bits per heavy atom. The Labute approximate surface area is 178 Å². The molecular weight excluding hydrogens is 390 g/mol. The molecule has 1 aromatic carbocycles. The number of hydrogen-bond donors (Lipinski definition) is 1. The van der Waals surface area contributed by atoms with Crippen LogP contribution in [0, 0.1) is 17.8 Å². The maximum atomic E-state index is 12.8. The summed E-state index contributed by atoms with van der Waals surface area (Å²) in [4.78, 5) is 41.2. The number of nitrogens with zero attached hydrogens (tertiary/aromatic N) is 2. The molecule has 2 saturated heterocycles. The second-order valence-corrected chi connectivity index (χ2v) is 8.39. The van der Waals surface area contributed by atoms with Crippen LogP contribution in [0.1, 0.15) is 43.6 Å².